The third-order valence-electron chi connectivity index (χ3n) is 1.33. The first kappa shape index (κ1) is 10.8. The minimum absolute atomic E-state index is 0.153. The van der Waals surface area contributed by atoms with E-state index in [1.807, 2.05) is 26.0 Å². The molecule has 0 aliphatic carbocycles. The Morgan fingerprint density at radius 2 is 1.64 bits per heavy atom. The second-order valence-corrected chi connectivity index (χ2v) is 2.65. The summed E-state index contributed by atoms with van der Waals surface area (Å²) in [5.74, 6) is 0. The summed E-state index contributed by atoms with van der Waals surface area (Å²) < 4.78 is 10.1. The summed E-state index contributed by atoms with van der Waals surface area (Å²) in [7, 11) is 7.11. The summed E-state index contributed by atoms with van der Waals surface area (Å²) in [4.78, 5) is 0. The third-order valence-corrected chi connectivity index (χ3v) is 1.33. The molecule has 0 amide bonds. The van der Waals surface area contributed by atoms with Crippen molar-refractivity contribution in [2.24, 2.45) is 0 Å². The molecule has 0 saturated carbocycles. The van der Waals surface area contributed by atoms with E-state index in [0.717, 1.165) is 0 Å². The van der Waals surface area contributed by atoms with Gasteiger partial charge in [0.2, 0.25) is 0 Å². The fraction of sp³-hybridized carbons (Fsp3) is 1.00. The smallest absolute Gasteiger partial charge is 0.173 e. The Labute approximate surface area is 68.4 Å². The minimum atomic E-state index is -0.197. The van der Waals surface area contributed by atoms with Crippen molar-refractivity contribution in [3.05, 3.63) is 0 Å². The van der Waals surface area contributed by atoms with Gasteiger partial charge in [0.05, 0.1) is 6.04 Å². The number of rotatable bonds is 5. The van der Waals surface area contributed by atoms with Gasteiger partial charge in [-0.25, -0.2) is 5.43 Å². The molecule has 0 saturated heterocycles. The van der Waals surface area contributed by atoms with Crippen molar-refractivity contribution in [2.75, 3.05) is 28.3 Å². The van der Waals surface area contributed by atoms with Crippen molar-refractivity contribution in [3.8, 4) is 0 Å². The lowest BCUT2D eigenvalue weighted by Crippen LogP contribution is -2.46. The van der Waals surface area contributed by atoms with E-state index in [2.05, 4.69) is 5.43 Å². The standard InChI is InChI=1S/C7H18N2O2/c1-6(8-9(2)3)7(10-4)11-5/h6-8H,1-5H3. The molecule has 4 heteroatoms. The van der Waals surface area contributed by atoms with Crippen LogP contribution in [0.1, 0.15) is 6.92 Å². The Balaban J connectivity index is 3.68. The van der Waals surface area contributed by atoms with Crippen LogP contribution in [0.2, 0.25) is 0 Å². The Kier molecular flexibility index (Phi) is 5.41. The van der Waals surface area contributed by atoms with Crippen LogP contribution in [0.3, 0.4) is 0 Å². The van der Waals surface area contributed by atoms with Crippen molar-refractivity contribution in [1.82, 2.24) is 10.4 Å². The molecule has 0 aromatic rings. The first-order valence-electron chi connectivity index (χ1n) is 3.61. The number of methoxy groups -OCH3 is 2. The lowest BCUT2D eigenvalue weighted by Gasteiger charge is -2.25. The summed E-state index contributed by atoms with van der Waals surface area (Å²) in [6.45, 7) is 2.00. The van der Waals surface area contributed by atoms with Crippen molar-refractivity contribution in [1.29, 1.82) is 0 Å². The summed E-state index contributed by atoms with van der Waals surface area (Å²) in [5.41, 5.74) is 3.13. The number of hydrogen-bond donors (Lipinski definition) is 1. The number of hydrogen-bond acceptors (Lipinski definition) is 4. The lowest BCUT2D eigenvalue weighted by atomic mass is 10.3. The molecule has 0 aliphatic heterocycles. The fourth-order valence-electron chi connectivity index (χ4n) is 0.973. The van der Waals surface area contributed by atoms with E-state index in [9.17, 15) is 0 Å². The Morgan fingerprint density at radius 1 is 1.18 bits per heavy atom. The highest BCUT2D eigenvalue weighted by Gasteiger charge is 2.15. The average molecular weight is 162 g/mol. The van der Waals surface area contributed by atoms with Crippen LogP contribution in [0.4, 0.5) is 0 Å². The van der Waals surface area contributed by atoms with Crippen LogP contribution in [0.25, 0.3) is 0 Å². The Morgan fingerprint density at radius 3 is 1.91 bits per heavy atom. The first-order valence-corrected chi connectivity index (χ1v) is 3.61. The molecule has 0 spiro atoms. The van der Waals surface area contributed by atoms with Crippen molar-refractivity contribution < 1.29 is 9.47 Å². The van der Waals surface area contributed by atoms with Crippen LogP contribution in [-0.4, -0.2) is 45.7 Å². The zero-order valence-corrected chi connectivity index (χ0v) is 7.92. The average Bonchev–Trinajstić information content (AvgIpc) is 1.88. The van der Waals surface area contributed by atoms with E-state index in [1.165, 1.54) is 0 Å². The highest BCUT2D eigenvalue weighted by molar-refractivity contribution is 4.60. The molecule has 0 bridgehead atoms. The van der Waals surface area contributed by atoms with Gasteiger partial charge in [-0.2, -0.15) is 0 Å². The van der Waals surface area contributed by atoms with Gasteiger partial charge in [0.1, 0.15) is 0 Å². The minimum Gasteiger partial charge on any atom is -0.354 e. The summed E-state index contributed by atoms with van der Waals surface area (Å²) >= 11 is 0. The Hall–Kier alpha value is -0.160. The highest BCUT2D eigenvalue weighted by atomic mass is 16.7. The predicted molar refractivity (Wildman–Crippen MR) is 44.1 cm³/mol. The van der Waals surface area contributed by atoms with Gasteiger partial charge in [-0.15, -0.1) is 0 Å². The SMILES string of the molecule is COC(OC)C(C)NN(C)C. The van der Waals surface area contributed by atoms with Crippen LogP contribution in [0, 0.1) is 0 Å². The number of ether oxygens (including phenoxy) is 2. The highest BCUT2D eigenvalue weighted by Crippen LogP contribution is 1.97. The van der Waals surface area contributed by atoms with E-state index >= 15 is 0 Å². The van der Waals surface area contributed by atoms with Gasteiger partial charge in [0.25, 0.3) is 0 Å². The zero-order valence-electron chi connectivity index (χ0n) is 7.92. The maximum atomic E-state index is 5.05. The van der Waals surface area contributed by atoms with Gasteiger partial charge in [-0.1, -0.05) is 0 Å². The molecule has 11 heavy (non-hydrogen) atoms. The summed E-state index contributed by atoms with van der Waals surface area (Å²) in [6, 6.07) is 0.153. The molecule has 1 atom stereocenters. The molecule has 0 aromatic carbocycles. The van der Waals surface area contributed by atoms with Crippen molar-refractivity contribution >= 4 is 0 Å². The molecule has 1 unspecified atom stereocenters. The van der Waals surface area contributed by atoms with Gasteiger partial charge in [-0.3, -0.25) is 5.01 Å². The van der Waals surface area contributed by atoms with Crippen LogP contribution in [0.5, 0.6) is 0 Å². The van der Waals surface area contributed by atoms with Gasteiger partial charge in [-0.05, 0) is 6.92 Å². The third kappa shape index (κ3) is 4.31. The van der Waals surface area contributed by atoms with Gasteiger partial charge in [0.15, 0.2) is 6.29 Å². The van der Waals surface area contributed by atoms with Crippen LogP contribution in [-0.2, 0) is 9.47 Å². The number of nitrogens with zero attached hydrogens (tertiary/aromatic N) is 1. The Bertz CT molecular complexity index is 94.4. The van der Waals surface area contributed by atoms with E-state index in [-0.39, 0.29) is 12.3 Å². The topological polar surface area (TPSA) is 33.7 Å². The summed E-state index contributed by atoms with van der Waals surface area (Å²) in [6.07, 6.45) is -0.197. The molecule has 0 fully saturated rings. The largest absolute Gasteiger partial charge is 0.354 e. The molecule has 1 N–H and O–H groups in total. The normalized spacial score (nSPS) is 14.5. The number of hydrazine groups is 1. The maximum Gasteiger partial charge on any atom is 0.173 e. The van der Waals surface area contributed by atoms with E-state index in [4.69, 9.17) is 9.47 Å². The van der Waals surface area contributed by atoms with E-state index in [0.29, 0.717) is 0 Å². The number of nitrogens with one attached hydrogen (secondary N) is 1. The van der Waals surface area contributed by atoms with Crippen LogP contribution >= 0.6 is 0 Å². The summed E-state index contributed by atoms with van der Waals surface area (Å²) in [5, 5.41) is 1.87. The van der Waals surface area contributed by atoms with Crippen molar-refractivity contribution in [2.45, 2.75) is 19.3 Å². The van der Waals surface area contributed by atoms with Crippen LogP contribution < -0.4 is 5.43 Å². The van der Waals surface area contributed by atoms with Crippen molar-refractivity contribution in [3.63, 3.8) is 0 Å². The van der Waals surface area contributed by atoms with E-state index in [1.54, 1.807) is 14.2 Å². The predicted octanol–water partition coefficient (Wildman–Crippen LogP) is 0.0600. The van der Waals surface area contributed by atoms with Gasteiger partial charge >= 0.3 is 0 Å². The lowest BCUT2D eigenvalue weighted by molar-refractivity contribution is -0.127. The first-order chi connectivity index (χ1) is 5.11. The molecule has 0 rings (SSSR count). The maximum absolute atomic E-state index is 5.05. The molecule has 68 valence electrons. The second kappa shape index (κ2) is 5.49. The molecule has 4 nitrogen and oxygen atoms in total. The molecule has 0 aliphatic rings. The molecular weight excluding hydrogens is 144 g/mol. The molecule has 0 radical (unpaired) electrons. The molecule has 0 aromatic heterocycles. The quantitative estimate of drug-likeness (QED) is 0.458. The molecule has 0 heterocycles. The second-order valence-electron chi connectivity index (χ2n) is 2.65. The van der Waals surface area contributed by atoms with E-state index < -0.39 is 0 Å². The molecular formula is C7H18N2O2. The van der Waals surface area contributed by atoms with Gasteiger partial charge in [0, 0.05) is 28.3 Å². The zero-order chi connectivity index (χ0) is 8.85. The fourth-order valence-corrected chi connectivity index (χ4v) is 0.973. The van der Waals surface area contributed by atoms with Crippen LogP contribution in [0.15, 0.2) is 0 Å². The van der Waals surface area contributed by atoms with Gasteiger partial charge < -0.3 is 9.47 Å². The monoisotopic (exact) mass is 162 g/mol.